The Morgan fingerprint density at radius 2 is 1.73 bits per heavy atom. The SMILES string of the molecule is CC(C)c1ccc(-c2noc(CSc3nnc(N4CCOCC4)n3-c3ccccc3)n2)cc1. The molecule has 0 saturated carbocycles. The smallest absolute Gasteiger partial charge is 0.237 e. The van der Waals surface area contributed by atoms with Crippen LogP contribution in [0.15, 0.2) is 64.3 Å². The fourth-order valence-corrected chi connectivity index (χ4v) is 4.49. The minimum absolute atomic E-state index is 0.487. The van der Waals surface area contributed by atoms with E-state index >= 15 is 0 Å². The Bertz CT molecular complexity index is 1180. The molecule has 8 nitrogen and oxygen atoms in total. The second kappa shape index (κ2) is 9.76. The normalized spacial score (nSPS) is 14.2. The first kappa shape index (κ1) is 21.7. The zero-order chi connectivity index (χ0) is 22.6. The third kappa shape index (κ3) is 4.79. The zero-order valence-corrected chi connectivity index (χ0v) is 19.5. The lowest BCUT2D eigenvalue weighted by atomic mass is 10.0. The number of ether oxygens (including phenoxy) is 1. The van der Waals surface area contributed by atoms with Crippen LogP contribution in [0.2, 0.25) is 0 Å². The van der Waals surface area contributed by atoms with Crippen molar-refractivity contribution >= 4 is 17.7 Å². The van der Waals surface area contributed by atoms with Crippen molar-refractivity contribution < 1.29 is 9.26 Å². The predicted molar refractivity (Wildman–Crippen MR) is 128 cm³/mol. The van der Waals surface area contributed by atoms with E-state index in [0.717, 1.165) is 35.4 Å². The number of aromatic nitrogens is 5. The van der Waals surface area contributed by atoms with Crippen molar-refractivity contribution in [2.24, 2.45) is 0 Å². The summed E-state index contributed by atoms with van der Waals surface area (Å²) in [6.07, 6.45) is 0. The molecule has 2 aromatic carbocycles. The molecular weight excluding hydrogens is 436 g/mol. The molecule has 9 heteroatoms. The molecule has 1 saturated heterocycles. The summed E-state index contributed by atoms with van der Waals surface area (Å²) < 4.78 is 13.1. The second-order valence-corrected chi connectivity index (χ2v) is 9.07. The average Bonchev–Trinajstić information content (AvgIpc) is 3.51. The van der Waals surface area contributed by atoms with E-state index in [1.807, 2.05) is 30.3 Å². The van der Waals surface area contributed by atoms with Gasteiger partial charge in [0.2, 0.25) is 17.7 Å². The first-order valence-electron chi connectivity index (χ1n) is 11.1. The Labute approximate surface area is 197 Å². The second-order valence-electron chi connectivity index (χ2n) is 8.13. The van der Waals surface area contributed by atoms with Crippen molar-refractivity contribution in [2.45, 2.75) is 30.7 Å². The molecule has 4 aromatic rings. The van der Waals surface area contributed by atoms with Crippen LogP contribution in [0.1, 0.15) is 31.2 Å². The molecule has 0 spiro atoms. The number of thioether (sulfide) groups is 1. The molecule has 170 valence electrons. The number of rotatable bonds is 7. The standard InChI is InChI=1S/C24H26N6O2S/c1-17(2)18-8-10-19(11-9-18)22-25-21(32-28-22)16-33-24-27-26-23(29-12-14-31-15-13-29)30(24)20-6-4-3-5-7-20/h3-11,17H,12-16H2,1-2H3. The molecule has 0 N–H and O–H groups in total. The van der Waals surface area contributed by atoms with Crippen LogP contribution in [-0.4, -0.2) is 51.2 Å². The van der Waals surface area contributed by atoms with Crippen LogP contribution in [0.25, 0.3) is 17.1 Å². The summed E-state index contributed by atoms with van der Waals surface area (Å²) in [5, 5.41) is 13.9. The maximum atomic E-state index is 5.52. The number of nitrogens with zero attached hydrogens (tertiary/aromatic N) is 6. The van der Waals surface area contributed by atoms with Crippen LogP contribution >= 0.6 is 11.8 Å². The van der Waals surface area contributed by atoms with Crippen LogP contribution < -0.4 is 4.90 Å². The Morgan fingerprint density at radius 3 is 2.45 bits per heavy atom. The highest BCUT2D eigenvalue weighted by molar-refractivity contribution is 7.98. The van der Waals surface area contributed by atoms with Gasteiger partial charge < -0.3 is 14.2 Å². The van der Waals surface area contributed by atoms with Crippen LogP contribution in [-0.2, 0) is 10.5 Å². The summed E-state index contributed by atoms with van der Waals surface area (Å²) in [4.78, 5) is 6.79. The molecule has 33 heavy (non-hydrogen) atoms. The molecule has 0 amide bonds. The van der Waals surface area contributed by atoms with Gasteiger partial charge in [0.25, 0.3) is 0 Å². The van der Waals surface area contributed by atoms with Gasteiger partial charge in [-0.25, -0.2) is 0 Å². The van der Waals surface area contributed by atoms with Crippen molar-refractivity contribution in [3.05, 3.63) is 66.1 Å². The van der Waals surface area contributed by atoms with Gasteiger partial charge in [-0.1, -0.05) is 73.2 Å². The number of benzene rings is 2. The fraction of sp³-hybridized carbons (Fsp3) is 0.333. The average molecular weight is 463 g/mol. The zero-order valence-electron chi connectivity index (χ0n) is 18.7. The number of para-hydroxylation sites is 1. The minimum atomic E-state index is 0.487. The topological polar surface area (TPSA) is 82.1 Å². The van der Waals surface area contributed by atoms with E-state index in [2.05, 4.69) is 67.9 Å². The molecular formula is C24H26N6O2S. The lowest BCUT2D eigenvalue weighted by Gasteiger charge is -2.27. The van der Waals surface area contributed by atoms with Crippen molar-refractivity contribution in [1.29, 1.82) is 0 Å². The maximum Gasteiger partial charge on any atom is 0.237 e. The quantitative estimate of drug-likeness (QED) is 0.370. The molecule has 0 aliphatic carbocycles. The molecule has 1 fully saturated rings. The Morgan fingerprint density at radius 1 is 0.970 bits per heavy atom. The molecule has 1 aliphatic rings. The van der Waals surface area contributed by atoms with E-state index in [-0.39, 0.29) is 0 Å². The summed E-state index contributed by atoms with van der Waals surface area (Å²) in [5.74, 6) is 2.97. The predicted octanol–water partition coefficient (Wildman–Crippen LogP) is 4.57. The molecule has 0 bridgehead atoms. The largest absolute Gasteiger partial charge is 0.378 e. The van der Waals surface area contributed by atoms with Crippen LogP contribution in [0, 0.1) is 0 Å². The van der Waals surface area contributed by atoms with E-state index in [1.54, 1.807) is 0 Å². The summed E-state index contributed by atoms with van der Waals surface area (Å²) in [7, 11) is 0. The van der Waals surface area contributed by atoms with E-state index < -0.39 is 0 Å². The van der Waals surface area contributed by atoms with Crippen molar-refractivity contribution in [3.63, 3.8) is 0 Å². The van der Waals surface area contributed by atoms with Crippen LogP contribution in [0.3, 0.4) is 0 Å². The minimum Gasteiger partial charge on any atom is -0.378 e. The van der Waals surface area contributed by atoms with Crippen LogP contribution in [0.4, 0.5) is 5.95 Å². The highest BCUT2D eigenvalue weighted by Crippen LogP contribution is 2.29. The molecule has 1 aliphatic heterocycles. The maximum absolute atomic E-state index is 5.52. The summed E-state index contributed by atoms with van der Waals surface area (Å²) >= 11 is 1.53. The Kier molecular flexibility index (Phi) is 6.41. The molecule has 3 heterocycles. The lowest BCUT2D eigenvalue weighted by Crippen LogP contribution is -2.37. The van der Waals surface area contributed by atoms with Gasteiger partial charge in [-0.2, -0.15) is 4.98 Å². The van der Waals surface area contributed by atoms with Gasteiger partial charge in [0, 0.05) is 18.7 Å². The third-order valence-corrected chi connectivity index (χ3v) is 6.47. The first-order chi connectivity index (χ1) is 16.2. The summed E-state index contributed by atoms with van der Waals surface area (Å²) in [5.41, 5.74) is 3.25. The molecule has 0 atom stereocenters. The number of morpholine rings is 1. The molecule has 0 unspecified atom stereocenters. The highest BCUT2D eigenvalue weighted by atomic mass is 32.2. The fourth-order valence-electron chi connectivity index (χ4n) is 3.70. The monoisotopic (exact) mass is 462 g/mol. The van der Waals surface area contributed by atoms with E-state index in [4.69, 9.17) is 9.26 Å². The van der Waals surface area contributed by atoms with Gasteiger partial charge >= 0.3 is 0 Å². The summed E-state index contributed by atoms with van der Waals surface area (Å²) in [6.45, 7) is 7.31. The highest BCUT2D eigenvalue weighted by Gasteiger charge is 2.22. The number of hydrogen-bond donors (Lipinski definition) is 0. The van der Waals surface area contributed by atoms with Gasteiger partial charge in [-0.05, 0) is 23.6 Å². The Balaban J connectivity index is 1.35. The van der Waals surface area contributed by atoms with E-state index in [0.29, 0.717) is 36.6 Å². The van der Waals surface area contributed by atoms with Gasteiger partial charge in [-0.3, -0.25) is 4.57 Å². The van der Waals surface area contributed by atoms with Gasteiger partial charge in [0.1, 0.15) is 0 Å². The lowest BCUT2D eigenvalue weighted by molar-refractivity contribution is 0.122. The molecule has 2 aromatic heterocycles. The van der Waals surface area contributed by atoms with Gasteiger partial charge in [-0.15, -0.1) is 10.2 Å². The van der Waals surface area contributed by atoms with Gasteiger partial charge in [0.15, 0.2) is 5.16 Å². The van der Waals surface area contributed by atoms with E-state index in [1.165, 1.54) is 17.3 Å². The molecule has 5 rings (SSSR count). The van der Waals surface area contributed by atoms with Crippen molar-refractivity contribution in [1.82, 2.24) is 24.9 Å². The van der Waals surface area contributed by atoms with E-state index in [9.17, 15) is 0 Å². The molecule has 0 radical (unpaired) electrons. The first-order valence-corrected chi connectivity index (χ1v) is 12.1. The third-order valence-electron chi connectivity index (χ3n) is 5.55. The number of anilines is 1. The van der Waals surface area contributed by atoms with Crippen molar-refractivity contribution in [3.8, 4) is 17.1 Å². The number of hydrogen-bond acceptors (Lipinski definition) is 8. The van der Waals surface area contributed by atoms with Crippen LogP contribution in [0.5, 0.6) is 0 Å². The summed E-state index contributed by atoms with van der Waals surface area (Å²) in [6, 6.07) is 18.5. The van der Waals surface area contributed by atoms with Crippen molar-refractivity contribution in [2.75, 3.05) is 31.2 Å². The Hall–Kier alpha value is -3.17. The van der Waals surface area contributed by atoms with Gasteiger partial charge in [0.05, 0.1) is 24.7 Å².